The molecule has 1 aromatic rings. The van der Waals surface area contributed by atoms with E-state index in [2.05, 4.69) is 9.98 Å². The van der Waals surface area contributed by atoms with Crippen LogP contribution in [0.4, 0.5) is 5.69 Å². The Labute approximate surface area is 139 Å². The number of rotatable bonds is 3. The average Bonchev–Trinajstić information content (AvgIpc) is 2.54. The number of anilines is 1. The van der Waals surface area contributed by atoms with Crippen molar-refractivity contribution in [2.75, 3.05) is 12.0 Å². The second kappa shape index (κ2) is 6.03. The number of guanidine groups is 2. The SMILES string of the molecule is COc1ccc(C(=O)O)cc1N1C(N)=NC(N)=NC12CCCCC2. The number of hydrogen-bond acceptors (Lipinski definition) is 7. The van der Waals surface area contributed by atoms with Crippen LogP contribution >= 0.6 is 0 Å². The first kappa shape index (κ1) is 16.1. The number of aromatic carboxylic acids is 1. The van der Waals surface area contributed by atoms with Crippen LogP contribution < -0.4 is 21.1 Å². The van der Waals surface area contributed by atoms with E-state index in [1.807, 2.05) is 0 Å². The summed E-state index contributed by atoms with van der Waals surface area (Å²) in [6.45, 7) is 0. The van der Waals surface area contributed by atoms with Crippen molar-refractivity contribution in [2.24, 2.45) is 21.5 Å². The molecule has 1 aromatic carbocycles. The number of benzene rings is 1. The molecule has 0 radical (unpaired) electrons. The summed E-state index contributed by atoms with van der Waals surface area (Å²) in [7, 11) is 1.53. The zero-order valence-corrected chi connectivity index (χ0v) is 13.5. The van der Waals surface area contributed by atoms with E-state index in [0.29, 0.717) is 11.4 Å². The van der Waals surface area contributed by atoms with Crippen LogP contribution in [0.15, 0.2) is 28.2 Å². The minimum atomic E-state index is -1.02. The number of aliphatic imine (C=N–C) groups is 2. The highest BCUT2D eigenvalue weighted by atomic mass is 16.5. The molecule has 8 heteroatoms. The zero-order valence-electron chi connectivity index (χ0n) is 13.5. The summed E-state index contributed by atoms with van der Waals surface area (Å²) in [6.07, 6.45) is 4.63. The molecule has 1 aliphatic carbocycles. The van der Waals surface area contributed by atoms with Gasteiger partial charge in [0.1, 0.15) is 11.4 Å². The number of nitrogens with zero attached hydrogens (tertiary/aromatic N) is 3. The molecule has 2 aliphatic rings. The molecular formula is C16H21N5O3. The molecule has 1 spiro atoms. The van der Waals surface area contributed by atoms with Crippen molar-refractivity contribution in [3.8, 4) is 5.75 Å². The fourth-order valence-corrected chi connectivity index (χ4v) is 3.47. The van der Waals surface area contributed by atoms with E-state index < -0.39 is 11.6 Å². The predicted octanol–water partition coefficient (Wildman–Crippen LogP) is 1.50. The lowest BCUT2D eigenvalue weighted by Crippen LogP contribution is -2.58. The van der Waals surface area contributed by atoms with Gasteiger partial charge in [0.25, 0.3) is 0 Å². The van der Waals surface area contributed by atoms with E-state index in [4.69, 9.17) is 16.2 Å². The maximum absolute atomic E-state index is 11.4. The summed E-state index contributed by atoms with van der Waals surface area (Å²) in [5, 5.41) is 9.31. The Morgan fingerprint density at radius 2 is 2.00 bits per heavy atom. The summed E-state index contributed by atoms with van der Waals surface area (Å²) in [4.78, 5) is 21.8. The maximum Gasteiger partial charge on any atom is 0.335 e. The van der Waals surface area contributed by atoms with E-state index in [9.17, 15) is 9.90 Å². The third-order valence-electron chi connectivity index (χ3n) is 4.52. The summed E-state index contributed by atoms with van der Waals surface area (Å²) in [5.41, 5.74) is 12.1. The number of hydrogen-bond donors (Lipinski definition) is 3. The lowest BCUT2D eigenvalue weighted by Gasteiger charge is -2.45. The predicted molar refractivity (Wildman–Crippen MR) is 91.5 cm³/mol. The van der Waals surface area contributed by atoms with Gasteiger partial charge in [0, 0.05) is 0 Å². The Morgan fingerprint density at radius 3 is 2.62 bits per heavy atom. The van der Waals surface area contributed by atoms with Gasteiger partial charge >= 0.3 is 5.97 Å². The first-order valence-electron chi connectivity index (χ1n) is 7.88. The highest BCUT2D eigenvalue weighted by Gasteiger charge is 2.43. The molecule has 0 atom stereocenters. The smallest absolute Gasteiger partial charge is 0.335 e. The van der Waals surface area contributed by atoms with Crippen molar-refractivity contribution in [3.05, 3.63) is 23.8 Å². The van der Waals surface area contributed by atoms with Gasteiger partial charge in [-0.25, -0.2) is 9.79 Å². The molecule has 1 aliphatic heterocycles. The highest BCUT2D eigenvalue weighted by Crippen LogP contribution is 2.42. The summed E-state index contributed by atoms with van der Waals surface area (Å²) in [5.74, 6) is -0.157. The number of ether oxygens (including phenoxy) is 1. The molecular weight excluding hydrogens is 310 g/mol. The monoisotopic (exact) mass is 331 g/mol. The fraction of sp³-hybridized carbons (Fsp3) is 0.438. The van der Waals surface area contributed by atoms with Crippen LogP contribution in [0, 0.1) is 0 Å². The molecule has 128 valence electrons. The van der Waals surface area contributed by atoms with Gasteiger partial charge < -0.3 is 21.3 Å². The lowest BCUT2D eigenvalue weighted by molar-refractivity contribution is 0.0697. The van der Waals surface area contributed by atoms with Crippen LogP contribution in [-0.4, -0.2) is 35.8 Å². The number of carbonyl (C=O) groups is 1. The summed E-state index contributed by atoms with van der Waals surface area (Å²) in [6, 6.07) is 4.65. The van der Waals surface area contributed by atoms with Gasteiger partial charge in [-0.2, -0.15) is 4.99 Å². The van der Waals surface area contributed by atoms with Crippen LogP contribution in [0.2, 0.25) is 0 Å². The number of nitrogens with two attached hydrogens (primary N) is 2. The van der Waals surface area contributed by atoms with Crippen molar-refractivity contribution in [2.45, 2.75) is 37.8 Å². The standard InChI is InChI=1S/C16H21N5O3/c1-24-12-6-5-10(13(22)23)9-11(12)21-15(18)19-14(17)20-16(21)7-3-2-4-8-16/h5-6,9H,2-4,7-8H2,1H3,(H,22,23)(H4,17,18,19,20). The summed E-state index contributed by atoms with van der Waals surface area (Å²) < 4.78 is 5.42. The molecule has 0 aromatic heterocycles. The van der Waals surface area contributed by atoms with E-state index >= 15 is 0 Å². The van der Waals surface area contributed by atoms with Gasteiger partial charge in [-0.15, -0.1) is 0 Å². The summed E-state index contributed by atoms with van der Waals surface area (Å²) >= 11 is 0. The van der Waals surface area contributed by atoms with E-state index in [1.165, 1.54) is 19.2 Å². The largest absolute Gasteiger partial charge is 0.495 e. The number of methoxy groups -OCH3 is 1. The molecule has 24 heavy (non-hydrogen) atoms. The van der Waals surface area contributed by atoms with Gasteiger partial charge in [0.15, 0.2) is 0 Å². The average molecular weight is 331 g/mol. The first-order chi connectivity index (χ1) is 11.5. The van der Waals surface area contributed by atoms with Gasteiger partial charge in [0.2, 0.25) is 11.9 Å². The van der Waals surface area contributed by atoms with Crippen molar-refractivity contribution in [1.82, 2.24) is 0 Å². The Morgan fingerprint density at radius 1 is 1.29 bits per heavy atom. The molecule has 1 fully saturated rings. The quantitative estimate of drug-likeness (QED) is 0.770. The van der Waals surface area contributed by atoms with Crippen LogP contribution in [0.25, 0.3) is 0 Å². The van der Waals surface area contributed by atoms with Gasteiger partial charge in [-0.05, 0) is 43.9 Å². The van der Waals surface area contributed by atoms with Crippen LogP contribution in [0.1, 0.15) is 42.5 Å². The Balaban J connectivity index is 2.16. The van der Waals surface area contributed by atoms with Crippen molar-refractivity contribution < 1.29 is 14.6 Å². The van der Waals surface area contributed by atoms with E-state index in [0.717, 1.165) is 32.1 Å². The van der Waals surface area contributed by atoms with Crippen LogP contribution in [0.5, 0.6) is 5.75 Å². The van der Waals surface area contributed by atoms with Gasteiger partial charge in [0.05, 0.1) is 18.4 Å². The molecule has 0 saturated heterocycles. The molecule has 8 nitrogen and oxygen atoms in total. The normalized spacial score (nSPS) is 19.6. The highest BCUT2D eigenvalue weighted by molar-refractivity contribution is 6.07. The first-order valence-corrected chi connectivity index (χ1v) is 7.88. The molecule has 3 rings (SSSR count). The number of carboxylic acids is 1. The van der Waals surface area contributed by atoms with Crippen molar-refractivity contribution >= 4 is 23.6 Å². The minimum Gasteiger partial charge on any atom is -0.495 e. The molecule has 0 bridgehead atoms. The second-order valence-electron chi connectivity index (χ2n) is 6.01. The number of carboxylic acid groups (broad SMARTS) is 1. The second-order valence-corrected chi connectivity index (χ2v) is 6.01. The lowest BCUT2D eigenvalue weighted by atomic mass is 9.87. The Hall–Kier alpha value is -2.77. The zero-order chi connectivity index (χ0) is 17.3. The van der Waals surface area contributed by atoms with Crippen LogP contribution in [-0.2, 0) is 0 Å². The third kappa shape index (κ3) is 2.64. The third-order valence-corrected chi connectivity index (χ3v) is 4.52. The van der Waals surface area contributed by atoms with Gasteiger partial charge in [-0.3, -0.25) is 4.90 Å². The Kier molecular flexibility index (Phi) is 4.04. The van der Waals surface area contributed by atoms with Crippen molar-refractivity contribution in [3.63, 3.8) is 0 Å². The fourth-order valence-electron chi connectivity index (χ4n) is 3.47. The molecule has 0 unspecified atom stereocenters. The minimum absolute atomic E-state index is 0.145. The van der Waals surface area contributed by atoms with Crippen LogP contribution in [0.3, 0.4) is 0 Å². The molecule has 1 heterocycles. The Bertz CT molecular complexity index is 722. The van der Waals surface area contributed by atoms with E-state index in [-0.39, 0.29) is 17.5 Å². The topological polar surface area (TPSA) is 127 Å². The van der Waals surface area contributed by atoms with E-state index in [1.54, 1.807) is 11.0 Å². The maximum atomic E-state index is 11.4. The molecule has 0 amide bonds. The molecule has 5 N–H and O–H groups in total. The van der Waals surface area contributed by atoms with Crippen molar-refractivity contribution in [1.29, 1.82) is 0 Å². The molecule has 1 saturated carbocycles. The van der Waals surface area contributed by atoms with Gasteiger partial charge in [-0.1, -0.05) is 6.42 Å².